The van der Waals surface area contributed by atoms with E-state index in [1.165, 1.54) is 0 Å². The number of benzene rings is 1. The molecular formula is C27H43N3O5. The Morgan fingerprint density at radius 3 is 2.43 bits per heavy atom. The number of alkyl carbamates (subject to hydrolysis) is 1. The zero-order valence-corrected chi connectivity index (χ0v) is 21.9. The Kier molecular flexibility index (Phi) is 10.9. The summed E-state index contributed by atoms with van der Waals surface area (Å²) in [4.78, 5) is 36.3. The third kappa shape index (κ3) is 11.5. The molecule has 2 atom stereocenters. The third-order valence-corrected chi connectivity index (χ3v) is 6.15. The summed E-state index contributed by atoms with van der Waals surface area (Å²) in [7, 11) is 0. The van der Waals surface area contributed by atoms with E-state index in [9.17, 15) is 14.4 Å². The fraction of sp³-hybridized carbons (Fsp3) is 0.667. The summed E-state index contributed by atoms with van der Waals surface area (Å²) in [5.74, 6) is 0.0757. The van der Waals surface area contributed by atoms with E-state index in [1.54, 1.807) is 0 Å². The molecule has 3 N–H and O–H groups in total. The van der Waals surface area contributed by atoms with Crippen molar-refractivity contribution in [2.45, 2.75) is 79.4 Å². The van der Waals surface area contributed by atoms with Crippen molar-refractivity contribution in [1.82, 2.24) is 16.0 Å². The van der Waals surface area contributed by atoms with Crippen LogP contribution in [0.25, 0.3) is 0 Å². The van der Waals surface area contributed by atoms with E-state index in [-0.39, 0.29) is 41.5 Å². The molecule has 0 bridgehead atoms. The quantitative estimate of drug-likeness (QED) is 0.306. The van der Waals surface area contributed by atoms with E-state index in [0.29, 0.717) is 32.5 Å². The van der Waals surface area contributed by atoms with Crippen molar-refractivity contribution < 1.29 is 23.9 Å². The first-order chi connectivity index (χ1) is 16.5. The van der Waals surface area contributed by atoms with Gasteiger partial charge in [-0.15, -0.1) is 0 Å². The maximum atomic E-state index is 12.2. The predicted octanol–water partition coefficient (Wildman–Crippen LogP) is 4.78. The second-order valence-electron chi connectivity index (χ2n) is 11.1. The Morgan fingerprint density at radius 2 is 1.74 bits per heavy atom. The van der Waals surface area contributed by atoms with Gasteiger partial charge in [-0.05, 0) is 61.8 Å². The first kappa shape index (κ1) is 28.5. The minimum atomic E-state index is -0.459. The van der Waals surface area contributed by atoms with Crippen molar-refractivity contribution in [3.05, 3.63) is 35.9 Å². The molecule has 0 aliphatic heterocycles. The summed E-state index contributed by atoms with van der Waals surface area (Å²) >= 11 is 0. The molecule has 1 aromatic rings. The zero-order chi connectivity index (χ0) is 25.9. The van der Waals surface area contributed by atoms with E-state index in [2.05, 4.69) is 36.7 Å². The lowest BCUT2D eigenvalue weighted by Gasteiger charge is -2.46. The Labute approximate surface area is 209 Å². The fourth-order valence-corrected chi connectivity index (χ4v) is 5.29. The van der Waals surface area contributed by atoms with Crippen molar-refractivity contribution in [3.8, 4) is 0 Å². The fourth-order valence-electron chi connectivity index (χ4n) is 5.29. The summed E-state index contributed by atoms with van der Waals surface area (Å²) in [6.45, 7) is 11.9. The van der Waals surface area contributed by atoms with Crippen LogP contribution < -0.4 is 16.0 Å². The molecule has 0 aromatic heterocycles. The van der Waals surface area contributed by atoms with Gasteiger partial charge in [-0.1, -0.05) is 51.1 Å². The lowest BCUT2D eigenvalue weighted by molar-refractivity contribution is -0.149. The second-order valence-corrected chi connectivity index (χ2v) is 11.1. The van der Waals surface area contributed by atoms with Crippen LogP contribution in [0, 0.1) is 16.7 Å². The molecular weight excluding hydrogens is 446 g/mol. The largest absolute Gasteiger partial charge is 0.463 e. The molecule has 1 aliphatic rings. The molecule has 0 radical (unpaired) electrons. The Bertz CT molecular complexity index is 827. The van der Waals surface area contributed by atoms with Crippen molar-refractivity contribution in [1.29, 1.82) is 0 Å². The molecule has 8 nitrogen and oxygen atoms in total. The zero-order valence-electron chi connectivity index (χ0n) is 21.9. The molecule has 2 rings (SSSR count). The van der Waals surface area contributed by atoms with Crippen LogP contribution in [0.1, 0.15) is 72.3 Å². The van der Waals surface area contributed by atoms with Crippen LogP contribution >= 0.6 is 0 Å². The number of amides is 3. The van der Waals surface area contributed by atoms with E-state index in [0.717, 1.165) is 24.8 Å². The third-order valence-electron chi connectivity index (χ3n) is 6.15. The van der Waals surface area contributed by atoms with Gasteiger partial charge in [0.15, 0.2) is 0 Å². The van der Waals surface area contributed by atoms with E-state index >= 15 is 0 Å². The van der Waals surface area contributed by atoms with E-state index in [1.807, 2.05) is 44.2 Å². The highest BCUT2D eigenvalue weighted by Crippen LogP contribution is 2.49. The lowest BCUT2D eigenvalue weighted by Crippen LogP contribution is -2.44. The molecule has 2 unspecified atom stereocenters. The van der Waals surface area contributed by atoms with Crippen molar-refractivity contribution in [2.24, 2.45) is 16.7 Å². The number of rotatable bonds is 11. The molecule has 1 aromatic carbocycles. The Morgan fingerprint density at radius 1 is 1.03 bits per heavy atom. The van der Waals surface area contributed by atoms with E-state index in [4.69, 9.17) is 9.47 Å². The van der Waals surface area contributed by atoms with E-state index < -0.39 is 6.09 Å². The summed E-state index contributed by atoms with van der Waals surface area (Å²) in [5, 5.41) is 8.45. The summed E-state index contributed by atoms with van der Waals surface area (Å²) in [6, 6.07) is 9.42. The minimum absolute atomic E-state index is 0.0775. The summed E-state index contributed by atoms with van der Waals surface area (Å²) in [6.07, 6.45) is 3.14. The predicted molar refractivity (Wildman–Crippen MR) is 136 cm³/mol. The number of carbonyl (C=O) groups excluding carboxylic acids is 3. The average molecular weight is 490 g/mol. The normalized spacial score (nSPS) is 21.1. The smallest absolute Gasteiger partial charge is 0.407 e. The monoisotopic (exact) mass is 489 g/mol. The highest BCUT2D eigenvalue weighted by atomic mass is 16.5. The molecule has 196 valence electrons. The molecule has 8 heteroatoms. The molecule has 35 heavy (non-hydrogen) atoms. The van der Waals surface area contributed by atoms with Crippen LogP contribution in [0.3, 0.4) is 0 Å². The number of nitrogens with one attached hydrogen (secondary N) is 3. The number of ether oxygens (including phenoxy) is 2. The standard InChI is InChI=1S/C27H43N3O5/c1-20(2)35-23(31)14-22-15-26(3,4)18-27(5,16-22)19-30-25(33)34-13-9-12-28-24(32)29-17-21-10-7-6-8-11-21/h6-8,10-11,20,22H,9,12-19H2,1-5H3,(H,30,33)(H2,28,29,32). The van der Waals surface area contributed by atoms with Gasteiger partial charge < -0.3 is 25.4 Å². The molecule has 3 amide bonds. The first-order valence-electron chi connectivity index (χ1n) is 12.6. The van der Waals surface area contributed by atoms with Crippen LogP contribution in [-0.2, 0) is 20.8 Å². The number of carbonyl (C=O) groups is 3. The second kappa shape index (κ2) is 13.4. The topological polar surface area (TPSA) is 106 Å². The minimum Gasteiger partial charge on any atom is -0.463 e. The average Bonchev–Trinajstić information content (AvgIpc) is 2.75. The first-order valence-corrected chi connectivity index (χ1v) is 12.6. The van der Waals surface area contributed by atoms with Crippen LogP contribution in [0.5, 0.6) is 0 Å². The molecule has 0 heterocycles. The van der Waals surface area contributed by atoms with Crippen LogP contribution in [0.2, 0.25) is 0 Å². The molecule has 0 spiro atoms. The molecule has 0 saturated heterocycles. The highest BCUT2D eigenvalue weighted by molar-refractivity contribution is 5.73. The Hall–Kier alpha value is -2.77. The van der Waals surface area contributed by atoms with Crippen LogP contribution in [-0.4, -0.2) is 43.9 Å². The van der Waals surface area contributed by atoms with Gasteiger partial charge in [0.1, 0.15) is 0 Å². The van der Waals surface area contributed by atoms with Gasteiger partial charge in [0.25, 0.3) is 0 Å². The van der Waals surface area contributed by atoms with Crippen LogP contribution in [0.4, 0.5) is 9.59 Å². The Balaban J connectivity index is 1.65. The number of hydrogen-bond donors (Lipinski definition) is 3. The van der Waals surface area contributed by atoms with Crippen molar-refractivity contribution in [3.63, 3.8) is 0 Å². The van der Waals surface area contributed by atoms with Gasteiger partial charge >= 0.3 is 18.1 Å². The highest BCUT2D eigenvalue weighted by Gasteiger charge is 2.42. The number of hydrogen-bond acceptors (Lipinski definition) is 5. The molecule has 1 fully saturated rings. The van der Waals surface area contributed by atoms with Gasteiger partial charge in [-0.25, -0.2) is 9.59 Å². The van der Waals surface area contributed by atoms with Gasteiger partial charge in [-0.3, -0.25) is 4.79 Å². The van der Waals surface area contributed by atoms with Gasteiger partial charge in [0.05, 0.1) is 12.7 Å². The SMILES string of the molecule is CC(C)OC(=O)CC1CC(C)(C)CC(C)(CNC(=O)OCCCNC(=O)NCc2ccccc2)C1. The van der Waals surface area contributed by atoms with Crippen molar-refractivity contribution in [2.75, 3.05) is 19.7 Å². The maximum Gasteiger partial charge on any atom is 0.407 e. The summed E-state index contributed by atoms with van der Waals surface area (Å²) < 4.78 is 10.6. The molecule has 1 saturated carbocycles. The lowest BCUT2D eigenvalue weighted by atomic mass is 9.60. The van der Waals surface area contributed by atoms with Gasteiger partial charge in [0.2, 0.25) is 0 Å². The number of urea groups is 1. The molecule has 1 aliphatic carbocycles. The van der Waals surface area contributed by atoms with Gasteiger partial charge in [-0.2, -0.15) is 0 Å². The van der Waals surface area contributed by atoms with Gasteiger partial charge in [0, 0.05) is 26.1 Å². The van der Waals surface area contributed by atoms with Crippen molar-refractivity contribution >= 4 is 18.1 Å². The van der Waals surface area contributed by atoms with Crippen LogP contribution in [0.15, 0.2) is 30.3 Å². The number of esters is 1. The maximum absolute atomic E-state index is 12.2. The summed E-state index contributed by atoms with van der Waals surface area (Å²) in [5.41, 5.74) is 0.982.